The van der Waals surface area contributed by atoms with Crippen LogP contribution >= 0.6 is 0 Å². The smallest absolute Gasteiger partial charge is 0.227 e. The molecule has 2 nitrogen and oxygen atoms in total. The van der Waals surface area contributed by atoms with E-state index in [0.29, 0.717) is 0 Å². The number of hydrogen-bond acceptors (Lipinski definition) is 1. The molecule has 0 bridgehead atoms. The van der Waals surface area contributed by atoms with Crippen LogP contribution in [0.1, 0.15) is 30.4 Å². The molecule has 0 aliphatic heterocycles. The van der Waals surface area contributed by atoms with Crippen molar-refractivity contribution in [1.82, 2.24) is 0 Å². The van der Waals surface area contributed by atoms with Gasteiger partial charge in [-0.3, -0.25) is 4.79 Å². The monoisotopic (exact) mass is 277 g/mol. The number of carbonyl (C=O) groups is 1. The fraction of sp³-hybridized carbons (Fsp3) is 0.316. The Kier molecular flexibility index (Phi) is 3.03. The van der Waals surface area contributed by atoms with Crippen molar-refractivity contribution in [2.24, 2.45) is 5.92 Å². The molecule has 0 heterocycles. The minimum atomic E-state index is 0.123. The lowest BCUT2D eigenvalue weighted by molar-refractivity contribution is -0.120. The molecule has 2 aliphatic carbocycles. The number of rotatable bonds is 2. The van der Waals surface area contributed by atoms with Crippen molar-refractivity contribution in [1.29, 1.82) is 0 Å². The summed E-state index contributed by atoms with van der Waals surface area (Å²) in [6.07, 6.45) is 9.39. The molecule has 106 valence electrons. The van der Waals surface area contributed by atoms with Crippen LogP contribution in [-0.2, 0) is 17.6 Å². The van der Waals surface area contributed by atoms with Crippen LogP contribution < -0.4 is 5.32 Å². The van der Waals surface area contributed by atoms with Gasteiger partial charge < -0.3 is 5.32 Å². The summed E-state index contributed by atoms with van der Waals surface area (Å²) in [6.45, 7) is 0. The van der Waals surface area contributed by atoms with Crippen LogP contribution in [0.5, 0.6) is 0 Å². The third-order valence-corrected chi connectivity index (χ3v) is 4.77. The normalized spacial score (nSPS) is 19.9. The van der Waals surface area contributed by atoms with Gasteiger partial charge in [0.25, 0.3) is 0 Å². The van der Waals surface area contributed by atoms with E-state index >= 15 is 0 Å². The van der Waals surface area contributed by atoms with E-state index in [1.54, 1.807) is 0 Å². The maximum atomic E-state index is 12.5. The maximum Gasteiger partial charge on any atom is 0.227 e. The first-order valence-corrected chi connectivity index (χ1v) is 7.82. The highest BCUT2D eigenvalue weighted by atomic mass is 16.1. The molecule has 0 saturated carbocycles. The average molecular weight is 277 g/mol. The van der Waals surface area contributed by atoms with Gasteiger partial charge in [-0.25, -0.2) is 0 Å². The lowest BCUT2D eigenvalue weighted by Crippen LogP contribution is -2.23. The first-order chi connectivity index (χ1) is 10.3. The highest BCUT2D eigenvalue weighted by molar-refractivity contribution is 6.05. The van der Waals surface area contributed by atoms with E-state index in [1.165, 1.54) is 21.9 Å². The first-order valence-electron chi connectivity index (χ1n) is 7.82. The summed E-state index contributed by atoms with van der Waals surface area (Å²) in [7, 11) is 0. The van der Waals surface area contributed by atoms with Crippen LogP contribution in [0.25, 0.3) is 10.8 Å². The van der Waals surface area contributed by atoms with Crippen molar-refractivity contribution in [3.63, 3.8) is 0 Å². The Morgan fingerprint density at radius 2 is 1.90 bits per heavy atom. The van der Waals surface area contributed by atoms with Crippen molar-refractivity contribution < 1.29 is 4.79 Å². The Balaban J connectivity index is 1.68. The van der Waals surface area contributed by atoms with E-state index in [0.717, 1.165) is 37.8 Å². The average Bonchev–Trinajstić information content (AvgIpc) is 2.96. The number of anilines is 1. The topological polar surface area (TPSA) is 29.1 Å². The van der Waals surface area contributed by atoms with E-state index in [2.05, 4.69) is 47.8 Å². The van der Waals surface area contributed by atoms with Gasteiger partial charge >= 0.3 is 0 Å². The third kappa shape index (κ3) is 2.15. The number of benzene rings is 2. The Labute approximate surface area is 124 Å². The summed E-state index contributed by atoms with van der Waals surface area (Å²) < 4.78 is 0. The molecule has 2 aromatic carbocycles. The summed E-state index contributed by atoms with van der Waals surface area (Å²) in [5.74, 6) is 0.288. The van der Waals surface area contributed by atoms with Crippen molar-refractivity contribution in [2.45, 2.75) is 32.1 Å². The number of hydrogen-bond donors (Lipinski definition) is 1. The van der Waals surface area contributed by atoms with Gasteiger partial charge in [0.05, 0.1) is 0 Å². The summed E-state index contributed by atoms with van der Waals surface area (Å²) in [5, 5.41) is 5.72. The molecule has 2 aromatic rings. The quantitative estimate of drug-likeness (QED) is 0.818. The fourth-order valence-electron chi connectivity index (χ4n) is 3.62. The van der Waals surface area contributed by atoms with Crippen LogP contribution in [-0.4, -0.2) is 5.91 Å². The molecule has 2 aliphatic rings. The number of carbonyl (C=O) groups excluding carboxylic acids is 1. The van der Waals surface area contributed by atoms with Crippen LogP contribution in [0, 0.1) is 5.92 Å². The molecule has 1 N–H and O–H groups in total. The highest BCUT2D eigenvalue weighted by Crippen LogP contribution is 2.35. The van der Waals surface area contributed by atoms with Crippen molar-refractivity contribution in [3.8, 4) is 0 Å². The van der Waals surface area contributed by atoms with Gasteiger partial charge in [-0.1, -0.05) is 36.4 Å². The van der Waals surface area contributed by atoms with Crippen molar-refractivity contribution in [2.75, 3.05) is 5.32 Å². The second-order valence-electron chi connectivity index (χ2n) is 6.08. The van der Waals surface area contributed by atoms with Gasteiger partial charge in [0.2, 0.25) is 5.91 Å². The van der Waals surface area contributed by atoms with E-state index in [-0.39, 0.29) is 11.8 Å². The number of nitrogens with one attached hydrogen (secondary N) is 1. The van der Waals surface area contributed by atoms with Gasteiger partial charge in [0.15, 0.2) is 0 Å². The molecule has 2 heteroatoms. The molecule has 0 fully saturated rings. The maximum absolute atomic E-state index is 12.5. The molecule has 0 spiro atoms. The zero-order valence-corrected chi connectivity index (χ0v) is 12.1. The van der Waals surface area contributed by atoms with E-state index < -0.39 is 0 Å². The second kappa shape index (κ2) is 5.03. The Morgan fingerprint density at radius 3 is 2.71 bits per heavy atom. The van der Waals surface area contributed by atoms with Gasteiger partial charge in [0.1, 0.15) is 0 Å². The zero-order chi connectivity index (χ0) is 14.2. The van der Waals surface area contributed by atoms with Crippen molar-refractivity contribution >= 4 is 22.4 Å². The van der Waals surface area contributed by atoms with E-state index in [1.807, 2.05) is 0 Å². The summed E-state index contributed by atoms with van der Waals surface area (Å²) in [6, 6.07) is 10.7. The molecule has 21 heavy (non-hydrogen) atoms. The Hall–Kier alpha value is -2.09. The summed E-state index contributed by atoms with van der Waals surface area (Å²) in [5.41, 5.74) is 3.80. The molecular weight excluding hydrogens is 258 g/mol. The molecular formula is C19H19NO. The first kappa shape index (κ1) is 12.6. The predicted molar refractivity (Wildman–Crippen MR) is 86.5 cm³/mol. The highest BCUT2D eigenvalue weighted by Gasteiger charge is 2.21. The standard InChI is InChI=1S/C19H19NO/c21-19(15-5-2-1-3-6-15)20-17-12-11-14-10-9-13-7-4-8-16(17)18(13)14/h1-2,4,7-8,11-12,15H,3,5-6,9-10H2,(H,20,21). The molecule has 4 rings (SSSR count). The summed E-state index contributed by atoms with van der Waals surface area (Å²) in [4.78, 5) is 12.5. The second-order valence-corrected chi connectivity index (χ2v) is 6.08. The zero-order valence-electron chi connectivity index (χ0n) is 12.1. The number of amides is 1. The van der Waals surface area contributed by atoms with Crippen LogP contribution in [0.3, 0.4) is 0 Å². The predicted octanol–water partition coefficient (Wildman–Crippen LogP) is 4.23. The number of allylic oxidation sites excluding steroid dienone is 2. The lowest BCUT2D eigenvalue weighted by atomic mass is 9.93. The van der Waals surface area contributed by atoms with E-state index in [4.69, 9.17) is 0 Å². The third-order valence-electron chi connectivity index (χ3n) is 4.77. The molecule has 1 unspecified atom stereocenters. The van der Waals surface area contributed by atoms with Gasteiger partial charge in [0, 0.05) is 17.0 Å². The molecule has 0 aromatic heterocycles. The molecule has 0 radical (unpaired) electrons. The number of aryl methyl sites for hydroxylation is 2. The minimum Gasteiger partial charge on any atom is -0.325 e. The van der Waals surface area contributed by atoms with Crippen LogP contribution in [0.2, 0.25) is 0 Å². The Morgan fingerprint density at radius 1 is 1.05 bits per heavy atom. The molecule has 1 atom stereocenters. The Bertz CT molecular complexity index is 734. The minimum absolute atomic E-state index is 0.123. The van der Waals surface area contributed by atoms with Crippen LogP contribution in [0.15, 0.2) is 42.5 Å². The largest absolute Gasteiger partial charge is 0.325 e. The van der Waals surface area contributed by atoms with Gasteiger partial charge in [-0.05, 0) is 54.7 Å². The molecule has 0 saturated heterocycles. The van der Waals surface area contributed by atoms with Crippen molar-refractivity contribution in [3.05, 3.63) is 53.6 Å². The van der Waals surface area contributed by atoms with Crippen LogP contribution in [0.4, 0.5) is 5.69 Å². The molecule has 1 amide bonds. The lowest BCUT2D eigenvalue weighted by Gasteiger charge is -2.18. The summed E-state index contributed by atoms with van der Waals surface area (Å²) >= 11 is 0. The van der Waals surface area contributed by atoms with E-state index in [9.17, 15) is 4.79 Å². The van der Waals surface area contributed by atoms with Gasteiger partial charge in [-0.2, -0.15) is 0 Å². The van der Waals surface area contributed by atoms with Gasteiger partial charge in [-0.15, -0.1) is 0 Å². The SMILES string of the molecule is O=C(Nc1ccc2c3c(cccc13)CC2)C1CC=CCC1. The fourth-order valence-corrected chi connectivity index (χ4v) is 3.62.